The molecule has 4 N–H and O–H groups in total. The molecule has 1 aliphatic carbocycles. The van der Waals surface area contributed by atoms with Crippen molar-refractivity contribution in [1.29, 1.82) is 5.26 Å². The summed E-state index contributed by atoms with van der Waals surface area (Å²) in [5, 5.41) is 27.7. The number of likely N-dealkylation sites (tertiary alicyclic amines) is 1. The highest BCUT2D eigenvalue weighted by Gasteiger charge is 2.45. The number of nitriles is 1. The molecule has 45 heavy (non-hydrogen) atoms. The normalized spacial score (nSPS) is 17.5. The van der Waals surface area contributed by atoms with E-state index in [1.165, 1.54) is 0 Å². The van der Waals surface area contributed by atoms with Crippen molar-refractivity contribution in [2.24, 2.45) is 0 Å². The Morgan fingerprint density at radius 2 is 1.60 bits per heavy atom. The molecular weight excluding hydrogens is 568 g/mol. The van der Waals surface area contributed by atoms with Crippen LogP contribution in [0.3, 0.4) is 0 Å². The summed E-state index contributed by atoms with van der Waals surface area (Å²) in [4.78, 5) is 43.8. The second kappa shape index (κ2) is 13.2. The summed E-state index contributed by atoms with van der Waals surface area (Å²) in [6.07, 6.45) is 3.35. The number of carbonyl (C=O) groups is 3. The minimum absolute atomic E-state index is 0.0891. The standard InChI is InChI=1S/C34H42N8O3/c1-20(2)30-39-33(41-40-30)34(17-21(3)38-19-29(43)42-14-6-7-26(42)18-35)27-12-10-24(31(44)36-4)15-22(27)8-9-23-16-25(32(45)37-5)11-13-28(23)34/h10-13,15-16,20-21,26,38H,6-9,14,17,19H2,1-5H3,(H,36,44)(H,37,45)(H,39,40,41)/t21-,26+/m1/s1. The molecule has 0 bridgehead atoms. The van der Waals surface area contributed by atoms with Crippen LogP contribution in [0.5, 0.6) is 0 Å². The van der Waals surface area contributed by atoms with Gasteiger partial charge in [0.1, 0.15) is 17.7 Å². The molecule has 3 amide bonds. The molecule has 2 aromatic carbocycles. The van der Waals surface area contributed by atoms with Crippen LogP contribution in [0.25, 0.3) is 0 Å². The first-order valence-corrected chi connectivity index (χ1v) is 15.7. The zero-order chi connectivity index (χ0) is 32.3. The Morgan fingerprint density at radius 1 is 1.00 bits per heavy atom. The van der Waals surface area contributed by atoms with Crippen LogP contribution in [-0.2, 0) is 23.1 Å². The van der Waals surface area contributed by atoms with E-state index in [0.717, 1.165) is 34.5 Å². The van der Waals surface area contributed by atoms with Gasteiger partial charge in [0.05, 0.1) is 18.0 Å². The zero-order valence-electron chi connectivity index (χ0n) is 26.7. The number of hydrogen-bond donors (Lipinski definition) is 4. The van der Waals surface area contributed by atoms with E-state index < -0.39 is 5.41 Å². The van der Waals surface area contributed by atoms with E-state index in [4.69, 9.17) is 5.10 Å². The quantitative estimate of drug-likeness (QED) is 0.290. The first-order valence-electron chi connectivity index (χ1n) is 15.7. The minimum atomic E-state index is -0.845. The van der Waals surface area contributed by atoms with E-state index in [1.54, 1.807) is 19.0 Å². The van der Waals surface area contributed by atoms with Crippen molar-refractivity contribution >= 4 is 17.7 Å². The topological polar surface area (TPSA) is 156 Å². The Balaban J connectivity index is 1.65. The summed E-state index contributed by atoms with van der Waals surface area (Å²) in [6, 6.07) is 13.3. The van der Waals surface area contributed by atoms with E-state index >= 15 is 0 Å². The third kappa shape index (κ3) is 6.07. The van der Waals surface area contributed by atoms with Crippen LogP contribution in [-0.4, -0.2) is 77.1 Å². The molecule has 0 unspecified atom stereocenters. The summed E-state index contributed by atoms with van der Waals surface area (Å²) < 4.78 is 0. The van der Waals surface area contributed by atoms with Gasteiger partial charge in [0.15, 0.2) is 0 Å². The molecule has 1 saturated heterocycles. The molecule has 11 heteroatoms. The molecular formula is C34H42N8O3. The van der Waals surface area contributed by atoms with Crippen molar-refractivity contribution in [3.8, 4) is 6.07 Å². The lowest BCUT2D eigenvalue weighted by Crippen LogP contribution is -2.45. The number of aromatic amines is 1. The Bertz CT molecular complexity index is 1570. The molecule has 1 fully saturated rings. The monoisotopic (exact) mass is 610 g/mol. The SMILES string of the molecule is CNC(=O)c1ccc2c(c1)CCc1cc(C(=O)NC)ccc1C2(C[C@@H](C)NCC(=O)N1CCC[C@H]1C#N)c1nnc(C(C)C)[nH]1. The van der Waals surface area contributed by atoms with E-state index in [9.17, 15) is 19.6 Å². The summed E-state index contributed by atoms with van der Waals surface area (Å²) in [5.74, 6) is 1.11. The van der Waals surface area contributed by atoms with Gasteiger partial charge in [0.25, 0.3) is 11.8 Å². The number of H-pyrrole nitrogens is 1. The van der Waals surface area contributed by atoms with Gasteiger partial charge < -0.3 is 25.8 Å². The predicted octanol–water partition coefficient (Wildman–Crippen LogP) is 2.96. The van der Waals surface area contributed by atoms with Crippen molar-refractivity contribution in [3.63, 3.8) is 0 Å². The van der Waals surface area contributed by atoms with Crippen LogP contribution in [0.2, 0.25) is 0 Å². The third-order valence-corrected chi connectivity index (χ3v) is 9.16. The summed E-state index contributed by atoms with van der Waals surface area (Å²) in [5.41, 5.74) is 4.30. The highest BCUT2D eigenvalue weighted by atomic mass is 16.2. The lowest BCUT2D eigenvalue weighted by atomic mass is 9.67. The van der Waals surface area contributed by atoms with Crippen LogP contribution >= 0.6 is 0 Å². The minimum Gasteiger partial charge on any atom is -0.355 e. The lowest BCUT2D eigenvalue weighted by Gasteiger charge is -2.37. The fourth-order valence-electron chi connectivity index (χ4n) is 6.81. The van der Waals surface area contributed by atoms with Crippen LogP contribution in [0, 0.1) is 11.3 Å². The first kappa shape index (κ1) is 31.9. The molecule has 11 nitrogen and oxygen atoms in total. The number of nitrogens with one attached hydrogen (secondary N) is 4. The van der Waals surface area contributed by atoms with Crippen LogP contribution in [0.4, 0.5) is 0 Å². The maximum absolute atomic E-state index is 13.2. The number of nitrogens with zero attached hydrogens (tertiary/aromatic N) is 4. The van der Waals surface area contributed by atoms with E-state index in [2.05, 4.69) is 45.9 Å². The molecule has 0 radical (unpaired) electrons. The summed E-state index contributed by atoms with van der Waals surface area (Å²) in [7, 11) is 3.23. The third-order valence-electron chi connectivity index (χ3n) is 9.16. The largest absolute Gasteiger partial charge is 0.355 e. The van der Waals surface area contributed by atoms with Gasteiger partial charge in [-0.2, -0.15) is 5.26 Å². The molecule has 0 saturated carbocycles. The number of hydrogen-bond acceptors (Lipinski definition) is 7. The number of aromatic nitrogens is 3. The molecule has 3 aromatic rings. The summed E-state index contributed by atoms with van der Waals surface area (Å²) in [6.45, 7) is 6.85. The molecule has 2 aliphatic rings. The van der Waals surface area contributed by atoms with Crippen molar-refractivity contribution in [3.05, 3.63) is 81.4 Å². The maximum atomic E-state index is 13.2. The molecule has 0 spiro atoms. The average Bonchev–Trinajstić information content (AvgIpc) is 3.73. The Morgan fingerprint density at radius 3 is 2.11 bits per heavy atom. The average molecular weight is 611 g/mol. The number of benzene rings is 2. The fraction of sp³-hybridized carbons (Fsp3) is 0.471. The molecule has 236 valence electrons. The van der Waals surface area contributed by atoms with Crippen molar-refractivity contribution in [1.82, 2.24) is 36.0 Å². The number of amides is 3. The van der Waals surface area contributed by atoms with Crippen molar-refractivity contribution < 1.29 is 14.4 Å². The second-order valence-corrected chi connectivity index (χ2v) is 12.4. The maximum Gasteiger partial charge on any atom is 0.251 e. The van der Waals surface area contributed by atoms with Crippen molar-refractivity contribution in [2.75, 3.05) is 27.2 Å². The van der Waals surface area contributed by atoms with Gasteiger partial charge in [0, 0.05) is 43.7 Å². The Hall–Kier alpha value is -4.56. The molecule has 2 atom stereocenters. The van der Waals surface area contributed by atoms with Gasteiger partial charge in [-0.3, -0.25) is 14.4 Å². The van der Waals surface area contributed by atoms with Gasteiger partial charge in [-0.05, 0) is 85.5 Å². The smallest absolute Gasteiger partial charge is 0.251 e. The highest BCUT2D eigenvalue weighted by molar-refractivity contribution is 5.95. The van der Waals surface area contributed by atoms with E-state index in [0.29, 0.717) is 49.2 Å². The van der Waals surface area contributed by atoms with E-state index in [-0.39, 0.29) is 42.3 Å². The van der Waals surface area contributed by atoms with Gasteiger partial charge in [-0.15, -0.1) is 10.2 Å². The van der Waals surface area contributed by atoms with Crippen LogP contribution in [0.1, 0.15) is 101 Å². The van der Waals surface area contributed by atoms with Gasteiger partial charge >= 0.3 is 0 Å². The highest BCUT2D eigenvalue weighted by Crippen LogP contribution is 2.47. The van der Waals surface area contributed by atoms with Gasteiger partial charge in [-0.1, -0.05) is 26.0 Å². The first-order chi connectivity index (χ1) is 21.6. The number of rotatable bonds is 9. The summed E-state index contributed by atoms with van der Waals surface area (Å²) >= 11 is 0. The lowest BCUT2D eigenvalue weighted by molar-refractivity contribution is -0.130. The van der Waals surface area contributed by atoms with E-state index in [1.807, 2.05) is 43.3 Å². The van der Waals surface area contributed by atoms with Crippen molar-refractivity contribution in [2.45, 2.75) is 76.3 Å². The van der Waals surface area contributed by atoms with Gasteiger partial charge in [-0.25, -0.2) is 0 Å². The Labute approximate surface area is 264 Å². The fourth-order valence-corrected chi connectivity index (χ4v) is 6.81. The zero-order valence-corrected chi connectivity index (χ0v) is 26.7. The molecule has 1 aliphatic heterocycles. The second-order valence-electron chi connectivity index (χ2n) is 12.4. The molecule has 2 heterocycles. The predicted molar refractivity (Wildman–Crippen MR) is 170 cm³/mol. The number of aryl methyl sites for hydroxylation is 2. The van der Waals surface area contributed by atoms with Gasteiger partial charge in [0.2, 0.25) is 5.91 Å². The molecule has 1 aromatic heterocycles. The molecule has 5 rings (SSSR count). The van der Waals surface area contributed by atoms with Crippen LogP contribution < -0.4 is 16.0 Å². The van der Waals surface area contributed by atoms with Crippen LogP contribution in [0.15, 0.2) is 36.4 Å². The Kier molecular flexibility index (Phi) is 9.34. The number of fused-ring (bicyclic) bond motifs is 2. The number of carbonyl (C=O) groups excluding carboxylic acids is 3.